The quantitative estimate of drug-likeness (QED) is 0.284. The van der Waals surface area contributed by atoms with Crippen LogP contribution < -0.4 is 29.7 Å². The highest BCUT2D eigenvalue weighted by Gasteiger charge is 2.37. The molecule has 5 amide bonds. The maximum atomic E-state index is 13.1. The number of nitrogens with zero attached hydrogens (tertiary/aromatic N) is 1. The second-order valence-corrected chi connectivity index (χ2v) is 8.48. The number of rotatable bonds is 8. The van der Waals surface area contributed by atoms with Crippen molar-refractivity contribution in [1.29, 1.82) is 0 Å². The average molecular weight is 552 g/mol. The van der Waals surface area contributed by atoms with E-state index in [1.807, 2.05) is 0 Å². The number of nitrogens with one attached hydrogen (secondary N) is 2. The third kappa shape index (κ3) is 6.11. The van der Waals surface area contributed by atoms with Crippen LogP contribution in [0.4, 0.5) is 16.2 Å². The fourth-order valence-corrected chi connectivity index (χ4v) is 3.91. The van der Waals surface area contributed by atoms with Crippen molar-refractivity contribution < 1.29 is 38.5 Å². The van der Waals surface area contributed by atoms with E-state index in [1.165, 1.54) is 56.7 Å². The summed E-state index contributed by atoms with van der Waals surface area (Å²) in [4.78, 5) is 51.1. The second-order valence-electron chi connectivity index (χ2n) is 8.07. The van der Waals surface area contributed by atoms with Gasteiger partial charge in [0, 0.05) is 5.69 Å². The second kappa shape index (κ2) is 11.6. The molecule has 0 atom stereocenters. The Morgan fingerprint density at radius 2 is 1.72 bits per heavy atom. The molecule has 12 heteroatoms. The number of phenols is 1. The molecule has 1 saturated heterocycles. The summed E-state index contributed by atoms with van der Waals surface area (Å²) in [5.41, 5.74) is 0.652. The van der Waals surface area contributed by atoms with E-state index in [0.717, 1.165) is 4.90 Å². The highest BCUT2D eigenvalue weighted by Crippen LogP contribution is 2.37. The van der Waals surface area contributed by atoms with Gasteiger partial charge in [0.05, 0.1) is 24.9 Å². The van der Waals surface area contributed by atoms with Crippen molar-refractivity contribution in [2.75, 3.05) is 31.0 Å². The Bertz CT molecular complexity index is 1470. The molecule has 1 heterocycles. The molecule has 0 aliphatic carbocycles. The number of hydrogen-bond acceptors (Lipinski definition) is 8. The van der Waals surface area contributed by atoms with E-state index >= 15 is 0 Å². The van der Waals surface area contributed by atoms with Crippen molar-refractivity contribution in [3.05, 3.63) is 76.8 Å². The number of carbonyl (C=O) groups excluding carboxylic acids is 4. The standard InChI is InChI=1S/C27H22ClN3O8/c1-37-19-9-3-16(4-10-19)29-23(33)14-39-24-21(28)12-15(13-22(24)38-2)11-20-25(34)30-27(36)31(26(20)35)17-5-7-18(32)8-6-17/h3-13,32H,14H2,1-2H3,(H,29,33)(H,30,34,36)/b20-11-. The highest BCUT2D eigenvalue weighted by molar-refractivity contribution is 6.39. The topological polar surface area (TPSA) is 143 Å². The van der Waals surface area contributed by atoms with Crippen LogP contribution in [0.1, 0.15) is 5.56 Å². The third-order valence-corrected chi connectivity index (χ3v) is 5.77. The molecule has 0 unspecified atom stereocenters. The van der Waals surface area contributed by atoms with Gasteiger partial charge >= 0.3 is 6.03 Å². The molecule has 0 saturated carbocycles. The zero-order valence-corrected chi connectivity index (χ0v) is 21.4. The molecule has 3 aromatic carbocycles. The number of aromatic hydroxyl groups is 1. The summed E-state index contributed by atoms with van der Waals surface area (Å²) in [5, 5.41) is 14.3. The van der Waals surface area contributed by atoms with Gasteiger partial charge in [0.25, 0.3) is 17.7 Å². The van der Waals surface area contributed by atoms with Crippen molar-refractivity contribution >= 4 is 52.8 Å². The van der Waals surface area contributed by atoms with Crippen LogP contribution in [0.5, 0.6) is 23.0 Å². The lowest BCUT2D eigenvalue weighted by atomic mass is 10.1. The first kappa shape index (κ1) is 27.0. The minimum Gasteiger partial charge on any atom is -0.508 e. The third-order valence-electron chi connectivity index (χ3n) is 5.49. The van der Waals surface area contributed by atoms with E-state index in [2.05, 4.69) is 10.6 Å². The SMILES string of the molecule is COc1ccc(NC(=O)COc2c(Cl)cc(/C=C3/C(=O)NC(=O)N(c4ccc(O)cc4)C3=O)cc2OC)cc1. The summed E-state index contributed by atoms with van der Waals surface area (Å²) in [5.74, 6) is -1.42. The first-order chi connectivity index (χ1) is 18.7. The summed E-state index contributed by atoms with van der Waals surface area (Å²) >= 11 is 6.39. The van der Waals surface area contributed by atoms with E-state index in [1.54, 1.807) is 24.3 Å². The summed E-state index contributed by atoms with van der Waals surface area (Å²) in [6.45, 7) is -0.382. The summed E-state index contributed by atoms with van der Waals surface area (Å²) in [6.07, 6.45) is 1.24. The van der Waals surface area contributed by atoms with Crippen LogP contribution in [0.15, 0.2) is 66.2 Å². The van der Waals surface area contributed by atoms with E-state index < -0.39 is 23.8 Å². The number of ether oxygens (including phenoxy) is 3. The molecule has 0 spiro atoms. The average Bonchev–Trinajstić information content (AvgIpc) is 2.91. The fourth-order valence-electron chi connectivity index (χ4n) is 3.63. The summed E-state index contributed by atoms with van der Waals surface area (Å²) in [7, 11) is 2.89. The Kier molecular flexibility index (Phi) is 8.01. The minimum atomic E-state index is -0.930. The molecular formula is C27H22ClN3O8. The number of halogens is 1. The van der Waals surface area contributed by atoms with Gasteiger partial charge in [-0.3, -0.25) is 19.7 Å². The molecule has 39 heavy (non-hydrogen) atoms. The number of carbonyl (C=O) groups is 4. The number of hydrogen-bond donors (Lipinski definition) is 3. The zero-order chi connectivity index (χ0) is 28.1. The van der Waals surface area contributed by atoms with Crippen molar-refractivity contribution in [2.45, 2.75) is 0 Å². The molecule has 3 N–H and O–H groups in total. The lowest BCUT2D eigenvalue weighted by Crippen LogP contribution is -2.54. The molecule has 4 rings (SSSR count). The Labute approximate surface area is 227 Å². The van der Waals surface area contributed by atoms with Gasteiger partial charge in [-0.1, -0.05) is 11.6 Å². The lowest BCUT2D eigenvalue weighted by Gasteiger charge is -2.26. The maximum Gasteiger partial charge on any atom is 0.335 e. The molecule has 0 bridgehead atoms. The van der Waals surface area contributed by atoms with Crippen LogP contribution in [0.25, 0.3) is 6.08 Å². The van der Waals surface area contributed by atoms with Crippen molar-refractivity contribution in [1.82, 2.24) is 5.32 Å². The van der Waals surface area contributed by atoms with Gasteiger partial charge in [0.2, 0.25) is 0 Å². The predicted molar refractivity (Wildman–Crippen MR) is 142 cm³/mol. The van der Waals surface area contributed by atoms with Crippen LogP contribution >= 0.6 is 11.6 Å². The monoisotopic (exact) mass is 551 g/mol. The molecular weight excluding hydrogens is 530 g/mol. The van der Waals surface area contributed by atoms with E-state index in [4.69, 9.17) is 25.8 Å². The van der Waals surface area contributed by atoms with Gasteiger partial charge in [-0.2, -0.15) is 0 Å². The Hall–Kier alpha value is -5.03. The first-order valence-corrected chi connectivity index (χ1v) is 11.7. The van der Waals surface area contributed by atoms with Crippen LogP contribution in [0.3, 0.4) is 0 Å². The van der Waals surface area contributed by atoms with E-state index in [0.29, 0.717) is 17.0 Å². The number of imide groups is 2. The number of phenolic OH excluding ortho intramolecular Hbond substituents is 1. The van der Waals surface area contributed by atoms with Crippen molar-refractivity contribution in [3.8, 4) is 23.0 Å². The van der Waals surface area contributed by atoms with Crippen LogP contribution in [-0.4, -0.2) is 49.7 Å². The van der Waals surface area contributed by atoms with Crippen LogP contribution in [-0.2, 0) is 14.4 Å². The summed E-state index contributed by atoms with van der Waals surface area (Å²) < 4.78 is 16.0. The molecule has 200 valence electrons. The molecule has 3 aromatic rings. The number of urea groups is 1. The Morgan fingerprint density at radius 3 is 2.36 bits per heavy atom. The van der Waals surface area contributed by atoms with Gasteiger partial charge in [-0.05, 0) is 72.3 Å². The number of methoxy groups -OCH3 is 2. The zero-order valence-electron chi connectivity index (χ0n) is 20.7. The van der Waals surface area contributed by atoms with E-state index in [9.17, 15) is 24.3 Å². The number of benzene rings is 3. The van der Waals surface area contributed by atoms with Gasteiger partial charge in [-0.25, -0.2) is 9.69 Å². The van der Waals surface area contributed by atoms with Gasteiger partial charge in [0.1, 0.15) is 17.1 Å². The normalized spacial score (nSPS) is 14.2. The van der Waals surface area contributed by atoms with Gasteiger partial charge in [-0.15, -0.1) is 0 Å². The van der Waals surface area contributed by atoms with Gasteiger partial charge in [0.15, 0.2) is 18.1 Å². The van der Waals surface area contributed by atoms with Crippen LogP contribution in [0.2, 0.25) is 5.02 Å². The smallest absolute Gasteiger partial charge is 0.335 e. The molecule has 0 aromatic heterocycles. The van der Waals surface area contributed by atoms with Crippen molar-refractivity contribution in [2.24, 2.45) is 0 Å². The number of amides is 5. The Balaban J connectivity index is 1.53. The number of barbiturate groups is 1. The van der Waals surface area contributed by atoms with E-state index in [-0.39, 0.29) is 40.1 Å². The minimum absolute atomic E-state index is 0.0496. The summed E-state index contributed by atoms with van der Waals surface area (Å²) in [6, 6.07) is 14.0. The lowest BCUT2D eigenvalue weighted by molar-refractivity contribution is -0.122. The number of anilines is 2. The van der Waals surface area contributed by atoms with Gasteiger partial charge < -0.3 is 24.6 Å². The molecule has 11 nitrogen and oxygen atoms in total. The molecule has 1 aliphatic heterocycles. The first-order valence-electron chi connectivity index (χ1n) is 11.3. The molecule has 1 fully saturated rings. The van der Waals surface area contributed by atoms with Crippen molar-refractivity contribution in [3.63, 3.8) is 0 Å². The fraction of sp³-hybridized carbons (Fsp3) is 0.111. The maximum absolute atomic E-state index is 13.1. The highest BCUT2D eigenvalue weighted by atomic mass is 35.5. The predicted octanol–water partition coefficient (Wildman–Crippen LogP) is 3.75. The molecule has 1 aliphatic rings. The largest absolute Gasteiger partial charge is 0.508 e. The van der Waals surface area contributed by atoms with Crippen LogP contribution in [0, 0.1) is 0 Å². The molecule has 0 radical (unpaired) electrons. The Morgan fingerprint density at radius 1 is 1.03 bits per heavy atom.